The lowest BCUT2D eigenvalue weighted by molar-refractivity contribution is -0.275. The zero-order valence-electron chi connectivity index (χ0n) is 11.1. The van der Waals surface area contributed by atoms with E-state index in [9.17, 15) is 13.2 Å². The van der Waals surface area contributed by atoms with Gasteiger partial charge in [-0.05, 0) is 24.7 Å². The lowest BCUT2D eigenvalue weighted by Crippen LogP contribution is -2.22. The SMILES string of the molecule is CNC(c1ccccc1Br)c1ccccc1OC(F)(F)F. The molecule has 1 N–H and O–H groups in total. The molecule has 2 nitrogen and oxygen atoms in total. The van der Waals surface area contributed by atoms with Gasteiger partial charge in [-0.2, -0.15) is 0 Å². The van der Waals surface area contributed by atoms with Gasteiger partial charge in [0, 0.05) is 10.0 Å². The summed E-state index contributed by atoms with van der Waals surface area (Å²) in [6.45, 7) is 0. The maximum absolute atomic E-state index is 12.5. The van der Waals surface area contributed by atoms with Crippen LogP contribution in [0.3, 0.4) is 0 Å². The second-order valence-electron chi connectivity index (χ2n) is 4.33. The van der Waals surface area contributed by atoms with Crippen LogP contribution in [0.1, 0.15) is 17.2 Å². The molecule has 0 saturated carbocycles. The van der Waals surface area contributed by atoms with Gasteiger partial charge in [0.1, 0.15) is 5.75 Å². The number of para-hydroxylation sites is 1. The van der Waals surface area contributed by atoms with Crippen LogP contribution in [0.4, 0.5) is 13.2 Å². The van der Waals surface area contributed by atoms with Gasteiger partial charge in [-0.3, -0.25) is 0 Å². The molecule has 21 heavy (non-hydrogen) atoms. The Balaban J connectivity index is 2.46. The van der Waals surface area contributed by atoms with Crippen molar-refractivity contribution in [3.63, 3.8) is 0 Å². The Morgan fingerprint density at radius 2 is 1.57 bits per heavy atom. The zero-order valence-corrected chi connectivity index (χ0v) is 12.7. The van der Waals surface area contributed by atoms with Gasteiger partial charge < -0.3 is 10.1 Å². The molecular formula is C15H13BrF3NO. The monoisotopic (exact) mass is 359 g/mol. The summed E-state index contributed by atoms with van der Waals surface area (Å²) in [6, 6.07) is 13.1. The quantitative estimate of drug-likeness (QED) is 0.857. The molecule has 0 aliphatic rings. The Labute approximate surface area is 129 Å². The fourth-order valence-corrected chi connectivity index (χ4v) is 2.64. The van der Waals surface area contributed by atoms with E-state index >= 15 is 0 Å². The van der Waals surface area contributed by atoms with E-state index in [0.717, 1.165) is 10.0 Å². The fourth-order valence-electron chi connectivity index (χ4n) is 2.12. The average molecular weight is 360 g/mol. The van der Waals surface area contributed by atoms with Crippen LogP contribution in [0, 0.1) is 0 Å². The maximum Gasteiger partial charge on any atom is 0.573 e. The third-order valence-corrected chi connectivity index (χ3v) is 3.68. The van der Waals surface area contributed by atoms with E-state index in [1.165, 1.54) is 12.1 Å². The summed E-state index contributed by atoms with van der Waals surface area (Å²) in [6.07, 6.45) is -4.72. The number of alkyl halides is 3. The van der Waals surface area contributed by atoms with Crippen molar-refractivity contribution >= 4 is 15.9 Å². The second-order valence-corrected chi connectivity index (χ2v) is 5.18. The molecule has 1 unspecified atom stereocenters. The van der Waals surface area contributed by atoms with E-state index in [1.807, 2.05) is 24.3 Å². The molecule has 0 amide bonds. The minimum absolute atomic E-state index is 0.208. The van der Waals surface area contributed by atoms with E-state index < -0.39 is 12.4 Å². The van der Waals surface area contributed by atoms with Crippen molar-refractivity contribution in [3.05, 3.63) is 64.1 Å². The summed E-state index contributed by atoms with van der Waals surface area (Å²) in [5.41, 5.74) is 1.25. The first-order valence-electron chi connectivity index (χ1n) is 6.18. The van der Waals surface area contributed by atoms with E-state index in [-0.39, 0.29) is 5.75 Å². The van der Waals surface area contributed by atoms with Crippen molar-refractivity contribution in [2.24, 2.45) is 0 Å². The normalized spacial score (nSPS) is 13.0. The van der Waals surface area contributed by atoms with Crippen LogP contribution in [0.2, 0.25) is 0 Å². The zero-order chi connectivity index (χ0) is 15.5. The topological polar surface area (TPSA) is 21.3 Å². The molecule has 0 aliphatic heterocycles. The van der Waals surface area contributed by atoms with Gasteiger partial charge in [0.05, 0.1) is 6.04 Å². The molecule has 1 atom stereocenters. The predicted molar refractivity (Wildman–Crippen MR) is 78.2 cm³/mol. The van der Waals surface area contributed by atoms with Gasteiger partial charge in [0.25, 0.3) is 0 Å². The molecule has 2 aromatic rings. The van der Waals surface area contributed by atoms with Crippen molar-refractivity contribution in [1.82, 2.24) is 5.32 Å². The van der Waals surface area contributed by atoms with E-state index in [1.54, 1.807) is 19.2 Å². The van der Waals surface area contributed by atoms with Crippen LogP contribution in [0.5, 0.6) is 5.75 Å². The lowest BCUT2D eigenvalue weighted by atomic mass is 9.98. The van der Waals surface area contributed by atoms with Gasteiger partial charge in [-0.25, -0.2) is 0 Å². The molecule has 2 rings (SSSR count). The van der Waals surface area contributed by atoms with E-state index in [4.69, 9.17) is 0 Å². The molecule has 6 heteroatoms. The molecule has 0 saturated heterocycles. The number of halogens is 4. The number of ether oxygens (including phenoxy) is 1. The van der Waals surface area contributed by atoms with Crippen molar-refractivity contribution in [1.29, 1.82) is 0 Å². The molecule has 0 aromatic heterocycles. The highest BCUT2D eigenvalue weighted by molar-refractivity contribution is 9.10. The summed E-state index contributed by atoms with van der Waals surface area (Å²) in [5, 5.41) is 3.02. The number of nitrogens with one attached hydrogen (secondary N) is 1. The first-order valence-corrected chi connectivity index (χ1v) is 6.98. The molecular weight excluding hydrogens is 347 g/mol. The minimum atomic E-state index is -4.72. The summed E-state index contributed by atoms with van der Waals surface area (Å²) in [7, 11) is 1.69. The smallest absolute Gasteiger partial charge is 0.405 e. The van der Waals surface area contributed by atoms with Gasteiger partial charge in [0.15, 0.2) is 0 Å². The van der Waals surface area contributed by atoms with E-state index in [0.29, 0.717) is 5.56 Å². The average Bonchev–Trinajstić information content (AvgIpc) is 2.42. The van der Waals surface area contributed by atoms with Gasteiger partial charge in [-0.15, -0.1) is 13.2 Å². The highest BCUT2D eigenvalue weighted by Gasteiger charge is 2.33. The fraction of sp³-hybridized carbons (Fsp3) is 0.200. The third-order valence-electron chi connectivity index (χ3n) is 2.96. The first-order chi connectivity index (χ1) is 9.92. The van der Waals surface area contributed by atoms with E-state index in [2.05, 4.69) is 26.0 Å². The number of hydrogen-bond donors (Lipinski definition) is 1. The molecule has 0 radical (unpaired) electrons. The summed E-state index contributed by atoms with van der Waals surface area (Å²) in [4.78, 5) is 0. The second kappa shape index (κ2) is 6.49. The van der Waals surface area contributed by atoms with Crippen LogP contribution in [-0.2, 0) is 0 Å². The number of benzene rings is 2. The molecule has 0 spiro atoms. The van der Waals surface area contributed by atoms with Crippen LogP contribution >= 0.6 is 15.9 Å². The summed E-state index contributed by atoms with van der Waals surface area (Å²) in [5.74, 6) is -0.208. The largest absolute Gasteiger partial charge is 0.573 e. The van der Waals surface area contributed by atoms with Crippen LogP contribution in [0.15, 0.2) is 53.0 Å². The molecule has 112 valence electrons. The first kappa shape index (κ1) is 15.9. The third kappa shape index (κ3) is 3.98. The molecule has 0 bridgehead atoms. The van der Waals surface area contributed by atoms with Gasteiger partial charge in [0.2, 0.25) is 0 Å². The Kier molecular flexibility index (Phi) is 4.90. The molecule has 0 fully saturated rings. The lowest BCUT2D eigenvalue weighted by Gasteiger charge is -2.22. The molecule has 2 aromatic carbocycles. The van der Waals surface area contributed by atoms with Crippen molar-refractivity contribution in [2.75, 3.05) is 7.05 Å². The van der Waals surface area contributed by atoms with Crippen molar-refractivity contribution in [2.45, 2.75) is 12.4 Å². The Bertz CT molecular complexity index is 616. The minimum Gasteiger partial charge on any atom is -0.405 e. The summed E-state index contributed by atoms with van der Waals surface area (Å²) < 4.78 is 42.5. The van der Waals surface area contributed by atoms with Crippen molar-refractivity contribution in [3.8, 4) is 5.75 Å². The molecule has 0 aliphatic carbocycles. The summed E-state index contributed by atoms with van der Waals surface area (Å²) >= 11 is 3.42. The molecule has 0 heterocycles. The van der Waals surface area contributed by atoms with Gasteiger partial charge in [-0.1, -0.05) is 52.3 Å². The van der Waals surface area contributed by atoms with Crippen molar-refractivity contribution < 1.29 is 17.9 Å². The highest BCUT2D eigenvalue weighted by Crippen LogP contribution is 2.35. The van der Waals surface area contributed by atoms with Crippen LogP contribution < -0.4 is 10.1 Å². The van der Waals surface area contributed by atoms with Gasteiger partial charge >= 0.3 is 6.36 Å². The maximum atomic E-state index is 12.5. The number of hydrogen-bond acceptors (Lipinski definition) is 2. The Morgan fingerprint density at radius 1 is 1.00 bits per heavy atom. The van der Waals surface area contributed by atoms with Crippen LogP contribution in [-0.4, -0.2) is 13.4 Å². The standard InChI is InChI=1S/C15H13BrF3NO/c1-20-14(10-6-2-4-8-12(10)16)11-7-3-5-9-13(11)21-15(17,18)19/h2-9,14,20H,1H3. The Hall–Kier alpha value is -1.53. The highest BCUT2D eigenvalue weighted by atomic mass is 79.9. The number of rotatable bonds is 4. The van der Waals surface area contributed by atoms with Crippen LogP contribution in [0.25, 0.3) is 0 Å². The Morgan fingerprint density at radius 3 is 2.14 bits per heavy atom. The predicted octanol–water partition coefficient (Wildman–Crippen LogP) is 4.66.